The Kier molecular flexibility index (Phi) is 3.16. The van der Waals surface area contributed by atoms with E-state index in [1.165, 1.54) is 0 Å². The Morgan fingerprint density at radius 1 is 0.895 bits per heavy atom. The molecule has 0 aromatic carbocycles. The summed E-state index contributed by atoms with van der Waals surface area (Å²) in [6, 6.07) is 0. The second-order valence-corrected chi connectivity index (χ2v) is 6.14. The zero-order valence-electron chi connectivity index (χ0n) is 12.0. The van der Waals surface area contributed by atoms with E-state index >= 15 is 0 Å². The molecule has 6 nitrogen and oxygen atoms in total. The van der Waals surface area contributed by atoms with Gasteiger partial charge in [-0.1, -0.05) is 0 Å². The lowest BCUT2D eigenvalue weighted by Crippen LogP contribution is -2.40. The maximum Gasteiger partial charge on any atom is 0.186 e. The highest BCUT2D eigenvalue weighted by Crippen LogP contribution is 2.42. The van der Waals surface area contributed by atoms with Crippen LogP contribution in [0.15, 0.2) is 0 Å². The third-order valence-corrected chi connectivity index (χ3v) is 3.68. The first-order valence-electron chi connectivity index (χ1n) is 6.67. The summed E-state index contributed by atoms with van der Waals surface area (Å²) in [5, 5.41) is 0. The minimum absolute atomic E-state index is 0.167. The van der Waals surface area contributed by atoms with Crippen LogP contribution in [0.2, 0.25) is 0 Å². The van der Waals surface area contributed by atoms with Gasteiger partial charge in [0.2, 0.25) is 0 Å². The average molecular weight is 274 g/mol. The van der Waals surface area contributed by atoms with E-state index in [1.807, 2.05) is 27.7 Å². The highest BCUT2D eigenvalue weighted by molar-refractivity contribution is 4.99. The highest BCUT2D eigenvalue weighted by Gasteiger charge is 2.59. The normalized spacial score (nSPS) is 47.5. The summed E-state index contributed by atoms with van der Waals surface area (Å²) in [6.45, 7) is 8.06. The van der Waals surface area contributed by atoms with E-state index in [-0.39, 0.29) is 24.4 Å². The van der Waals surface area contributed by atoms with Gasteiger partial charge in [-0.15, -0.1) is 0 Å². The average Bonchev–Trinajstić information content (AvgIpc) is 2.89. The van der Waals surface area contributed by atoms with E-state index < -0.39 is 17.9 Å². The summed E-state index contributed by atoms with van der Waals surface area (Å²) in [5.74, 6) is -1.20. The lowest BCUT2D eigenvalue weighted by Gasteiger charge is -2.26. The smallest absolute Gasteiger partial charge is 0.186 e. The molecular formula is C13H22O6. The van der Waals surface area contributed by atoms with Gasteiger partial charge >= 0.3 is 0 Å². The molecule has 110 valence electrons. The molecule has 3 saturated heterocycles. The van der Waals surface area contributed by atoms with Gasteiger partial charge in [-0.2, -0.15) is 0 Å². The van der Waals surface area contributed by atoms with Crippen molar-refractivity contribution in [1.82, 2.24) is 0 Å². The van der Waals surface area contributed by atoms with Crippen LogP contribution in [0.4, 0.5) is 0 Å². The van der Waals surface area contributed by atoms with Crippen LogP contribution in [0, 0.1) is 0 Å². The van der Waals surface area contributed by atoms with Crippen molar-refractivity contribution in [2.75, 3.05) is 13.7 Å². The fourth-order valence-electron chi connectivity index (χ4n) is 2.96. The molecule has 3 aliphatic rings. The summed E-state index contributed by atoms with van der Waals surface area (Å²) in [5.41, 5.74) is 0. The van der Waals surface area contributed by atoms with E-state index in [9.17, 15) is 0 Å². The molecule has 0 aliphatic carbocycles. The summed E-state index contributed by atoms with van der Waals surface area (Å²) < 4.78 is 34.5. The van der Waals surface area contributed by atoms with Crippen molar-refractivity contribution < 1.29 is 28.4 Å². The van der Waals surface area contributed by atoms with Crippen molar-refractivity contribution in [2.24, 2.45) is 0 Å². The Hall–Kier alpha value is -0.240. The number of methoxy groups -OCH3 is 1. The Balaban J connectivity index is 1.76. The van der Waals surface area contributed by atoms with Gasteiger partial charge in [-0.3, -0.25) is 0 Å². The summed E-state index contributed by atoms with van der Waals surface area (Å²) in [6.07, 6.45) is -1.25. The fraction of sp³-hybridized carbons (Fsp3) is 1.00. The topological polar surface area (TPSA) is 55.4 Å². The molecule has 0 spiro atoms. The predicted molar refractivity (Wildman–Crippen MR) is 64.4 cm³/mol. The molecule has 3 fully saturated rings. The summed E-state index contributed by atoms with van der Waals surface area (Å²) in [4.78, 5) is 0. The Morgan fingerprint density at radius 2 is 1.58 bits per heavy atom. The van der Waals surface area contributed by atoms with Crippen molar-refractivity contribution in [3.05, 3.63) is 0 Å². The zero-order valence-corrected chi connectivity index (χ0v) is 12.0. The van der Waals surface area contributed by atoms with Crippen LogP contribution in [-0.2, 0) is 28.4 Å². The largest absolute Gasteiger partial charge is 0.353 e. The molecule has 3 aliphatic heterocycles. The third kappa shape index (κ3) is 2.41. The van der Waals surface area contributed by atoms with Crippen LogP contribution >= 0.6 is 0 Å². The van der Waals surface area contributed by atoms with Crippen LogP contribution in [0.5, 0.6) is 0 Å². The van der Waals surface area contributed by atoms with Crippen LogP contribution in [0.3, 0.4) is 0 Å². The Morgan fingerprint density at radius 3 is 2.16 bits per heavy atom. The molecule has 5 atom stereocenters. The molecule has 0 aromatic heterocycles. The van der Waals surface area contributed by atoms with E-state index in [2.05, 4.69) is 0 Å². The van der Waals surface area contributed by atoms with Gasteiger partial charge in [0, 0.05) is 7.11 Å². The van der Waals surface area contributed by atoms with Crippen LogP contribution in [0.1, 0.15) is 27.7 Å². The number of rotatable bonds is 2. The van der Waals surface area contributed by atoms with Crippen molar-refractivity contribution in [3.8, 4) is 0 Å². The lowest BCUT2D eigenvalue weighted by atomic mass is 10.1. The molecule has 3 heterocycles. The standard InChI is InChI=1S/C13H22O6/c1-12(2)15-6-7(17-12)8-9-10(11(14-5)16-8)19-13(3,4)18-9/h7-11H,6H2,1-5H3. The van der Waals surface area contributed by atoms with Crippen molar-refractivity contribution in [3.63, 3.8) is 0 Å². The fourth-order valence-corrected chi connectivity index (χ4v) is 2.96. The molecule has 3 rings (SSSR count). The number of hydrogen-bond donors (Lipinski definition) is 0. The van der Waals surface area contributed by atoms with E-state index in [0.29, 0.717) is 6.61 Å². The lowest BCUT2D eigenvalue weighted by molar-refractivity contribution is -0.241. The number of ether oxygens (including phenoxy) is 6. The van der Waals surface area contributed by atoms with E-state index in [0.717, 1.165) is 0 Å². The van der Waals surface area contributed by atoms with Crippen molar-refractivity contribution >= 4 is 0 Å². The molecule has 19 heavy (non-hydrogen) atoms. The summed E-state index contributed by atoms with van der Waals surface area (Å²) >= 11 is 0. The van der Waals surface area contributed by atoms with Gasteiger partial charge in [0.25, 0.3) is 0 Å². The van der Waals surface area contributed by atoms with Gasteiger partial charge < -0.3 is 28.4 Å². The van der Waals surface area contributed by atoms with Gasteiger partial charge in [0.15, 0.2) is 17.9 Å². The first kappa shape index (κ1) is 13.7. The number of fused-ring (bicyclic) bond motifs is 1. The highest BCUT2D eigenvalue weighted by atomic mass is 16.8. The molecule has 6 heteroatoms. The molecule has 0 bridgehead atoms. The van der Waals surface area contributed by atoms with Crippen molar-refractivity contribution in [2.45, 2.75) is 70.0 Å². The molecule has 0 saturated carbocycles. The molecule has 0 radical (unpaired) electrons. The molecule has 0 N–H and O–H groups in total. The zero-order chi connectivity index (χ0) is 13.8. The predicted octanol–water partition coefficient (Wildman–Crippen LogP) is 1.03. The van der Waals surface area contributed by atoms with Gasteiger partial charge in [0.05, 0.1) is 6.61 Å². The maximum atomic E-state index is 5.94. The first-order chi connectivity index (χ1) is 8.81. The summed E-state index contributed by atoms with van der Waals surface area (Å²) in [7, 11) is 1.61. The van der Waals surface area contributed by atoms with Gasteiger partial charge in [0.1, 0.15) is 24.4 Å². The minimum atomic E-state index is -0.622. The van der Waals surface area contributed by atoms with Gasteiger partial charge in [-0.05, 0) is 27.7 Å². The quantitative estimate of drug-likeness (QED) is 0.749. The minimum Gasteiger partial charge on any atom is -0.353 e. The second kappa shape index (κ2) is 4.38. The van der Waals surface area contributed by atoms with Crippen LogP contribution < -0.4 is 0 Å². The molecule has 0 amide bonds. The van der Waals surface area contributed by atoms with E-state index in [1.54, 1.807) is 7.11 Å². The Labute approximate surface area is 113 Å². The first-order valence-corrected chi connectivity index (χ1v) is 6.67. The second-order valence-electron chi connectivity index (χ2n) is 6.14. The molecular weight excluding hydrogens is 252 g/mol. The van der Waals surface area contributed by atoms with E-state index in [4.69, 9.17) is 28.4 Å². The monoisotopic (exact) mass is 274 g/mol. The number of hydrogen-bond acceptors (Lipinski definition) is 6. The SMILES string of the molecule is COC1OC(C2COC(C)(C)O2)C2OC(C)(C)OC12. The third-order valence-electron chi connectivity index (χ3n) is 3.68. The molecule has 5 unspecified atom stereocenters. The van der Waals surface area contributed by atoms with Crippen LogP contribution in [-0.4, -0.2) is 56.0 Å². The van der Waals surface area contributed by atoms with Crippen molar-refractivity contribution in [1.29, 1.82) is 0 Å². The molecule has 0 aromatic rings. The Bertz CT molecular complexity index is 355. The maximum absolute atomic E-state index is 5.94. The van der Waals surface area contributed by atoms with Gasteiger partial charge in [-0.25, -0.2) is 0 Å². The van der Waals surface area contributed by atoms with Crippen LogP contribution in [0.25, 0.3) is 0 Å².